The van der Waals surface area contributed by atoms with Crippen molar-refractivity contribution < 1.29 is 0 Å². The minimum atomic E-state index is -0.147. The van der Waals surface area contributed by atoms with Gasteiger partial charge in [0.1, 0.15) is 5.82 Å². The molecule has 0 saturated carbocycles. The van der Waals surface area contributed by atoms with Crippen LogP contribution < -0.4 is 17.2 Å². The van der Waals surface area contributed by atoms with Gasteiger partial charge in [0.2, 0.25) is 0 Å². The molecule has 6 N–H and O–H groups in total. The lowest BCUT2D eigenvalue weighted by atomic mass is 10.1. The summed E-state index contributed by atoms with van der Waals surface area (Å²) in [6.45, 7) is 0.418. The van der Waals surface area contributed by atoms with Crippen molar-refractivity contribution in [3.8, 4) is 0 Å². The van der Waals surface area contributed by atoms with Crippen molar-refractivity contribution in [3.63, 3.8) is 0 Å². The topological polar surface area (TPSA) is 91.0 Å². The largest absolute Gasteiger partial charge is 0.383 e. The Morgan fingerprint density at radius 1 is 1.58 bits per heavy atom. The van der Waals surface area contributed by atoms with Crippen molar-refractivity contribution >= 4 is 28.4 Å². The van der Waals surface area contributed by atoms with Crippen LogP contribution in [0, 0.1) is 3.57 Å². The van der Waals surface area contributed by atoms with Crippen molar-refractivity contribution in [2.24, 2.45) is 11.5 Å². The summed E-state index contributed by atoms with van der Waals surface area (Å²) in [5.41, 5.74) is 17.6. The van der Waals surface area contributed by atoms with Crippen LogP contribution >= 0.6 is 22.6 Å². The summed E-state index contributed by atoms with van der Waals surface area (Å²) in [4.78, 5) is 3.98. The quantitative estimate of drug-likeness (QED) is 0.675. The first kappa shape index (κ1) is 9.69. The summed E-state index contributed by atoms with van der Waals surface area (Å²) in [6, 6.07) is 1.76. The number of hydrogen-bond donors (Lipinski definition) is 3. The van der Waals surface area contributed by atoms with Gasteiger partial charge in [-0.15, -0.1) is 0 Å². The van der Waals surface area contributed by atoms with Crippen molar-refractivity contribution in [1.29, 1.82) is 0 Å². The minimum Gasteiger partial charge on any atom is -0.383 e. The maximum Gasteiger partial charge on any atom is 0.136 e. The molecule has 12 heavy (non-hydrogen) atoms. The highest BCUT2D eigenvalue weighted by Crippen LogP contribution is 2.16. The lowest BCUT2D eigenvalue weighted by Gasteiger charge is -2.09. The molecule has 1 heterocycles. The first-order valence-electron chi connectivity index (χ1n) is 3.51. The van der Waals surface area contributed by atoms with Gasteiger partial charge in [-0.25, -0.2) is 4.98 Å². The van der Waals surface area contributed by atoms with Crippen LogP contribution in [0.3, 0.4) is 0 Å². The van der Waals surface area contributed by atoms with E-state index in [2.05, 4.69) is 27.6 Å². The zero-order valence-electron chi connectivity index (χ0n) is 6.50. The average molecular weight is 278 g/mol. The summed E-state index contributed by atoms with van der Waals surface area (Å²) in [5, 5.41) is 0. The van der Waals surface area contributed by atoms with Crippen LogP contribution in [0.25, 0.3) is 0 Å². The Hall–Kier alpha value is -0.400. The van der Waals surface area contributed by atoms with E-state index < -0.39 is 0 Å². The number of pyridine rings is 1. The average Bonchev–Trinajstić information content (AvgIpc) is 2.08. The summed E-state index contributed by atoms with van der Waals surface area (Å²) < 4.78 is 0.911. The Morgan fingerprint density at radius 2 is 2.25 bits per heavy atom. The zero-order chi connectivity index (χ0) is 9.14. The molecule has 66 valence electrons. The molecule has 1 atom stereocenters. The molecule has 0 spiro atoms. The summed E-state index contributed by atoms with van der Waals surface area (Å²) in [5.74, 6) is 0.531. The molecule has 1 aromatic rings. The molecule has 4 nitrogen and oxygen atoms in total. The van der Waals surface area contributed by atoms with Crippen molar-refractivity contribution in [3.05, 3.63) is 21.4 Å². The third kappa shape index (κ3) is 2.05. The molecule has 0 bridgehead atoms. The van der Waals surface area contributed by atoms with E-state index >= 15 is 0 Å². The van der Waals surface area contributed by atoms with E-state index in [0.717, 1.165) is 9.13 Å². The number of nitrogen functional groups attached to an aromatic ring is 1. The van der Waals surface area contributed by atoms with Crippen LogP contribution in [-0.4, -0.2) is 11.5 Å². The molecule has 0 amide bonds. The van der Waals surface area contributed by atoms with Gasteiger partial charge in [-0.05, 0) is 34.2 Å². The number of nitrogens with zero attached hydrogens (tertiary/aromatic N) is 1. The van der Waals surface area contributed by atoms with Gasteiger partial charge in [-0.1, -0.05) is 0 Å². The van der Waals surface area contributed by atoms with Gasteiger partial charge in [0, 0.05) is 18.8 Å². The van der Waals surface area contributed by atoms with E-state index in [1.165, 1.54) is 0 Å². The molecule has 0 aliphatic heterocycles. The molecule has 0 aromatic carbocycles. The van der Waals surface area contributed by atoms with E-state index in [0.29, 0.717) is 12.4 Å². The van der Waals surface area contributed by atoms with Gasteiger partial charge < -0.3 is 17.2 Å². The number of rotatable bonds is 2. The van der Waals surface area contributed by atoms with Crippen LogP contribution in [0.4, 0.5) is 5.82 Å². The smallest absolute Gasteiger partial charge is 0.136 e. The molecule has 0 radical (unpaired) electrons. The van der Waals surface area contributed by atoms with Crippen molar-refractivity contribution in [1.82, 2.24) is 4.98 Å². The normalized spacial score (nSPS) is 12.9. The highest BCUT2D eigenvalue weighted by Gasteiger charge is 2.05. The first-order valence-corrected chi connectivity index (χ1v) is 4.59. The van der Waals surface area contributed by atoms with Gasteiger partial charge in [-0.3, -0.25) is 0 Å². The second-order valence-electron chi connectivity index (χ2n) is 2.48. The van der Waals surface area contributed by atoms with E-state index in [4.69, 9.17) is 17.2 Å². The fourth-order valence-corrected chi connectivity index (χ4v) is 1.30. The van der Waals surface area contributed by atoms with Crippen LogP contribution in [-0.2, 0) is 0 Å². The number of anilines is 1. The molecule has 0 aliphatic carbocycles. The minimum absolute atomic E-state index is 0.147. The third-order valence-electron chi connectivity index (χ3n) is 1.57. The fourth-order valence-electron chi connectivity index (χ4n) is 0.802. The Balaban J connectivity index is 2.96. The molecule has 1 rings (SSSR count). The number of nitrogens with two attached hydrogens (primary N) is 3. The predicted octanol–water partition coefficient (Wildman–Crippen LogP) is 0.227. The summed E-state index contributed by atoms with van der Waals surface area (Å²) >= 11 is 2.12. The molecule has 0 fully saturated rings. The van der Waals surface area contributed by atoms with Crippen LogP contribution in [0.1, 0.15) is 11.6 Å². The molecule has 1 aromatic heterocycles. The SMILES string of the molecule is NC[C@@H](N)c1cnc(N)c(I)c1. The highest BCUT2D eigenvalue weighted by molar-refractivity contribution is 14.1. The maximum absolute atomic E-state index is 5.70. The molecule has 0 unspecified atom stereocenters. The maximum atomic E-state index is 5.70. The lowest BCUT2D eigenvalue weighted by Crippen LogP contribution is -2.21. The van der Waals surface area contributed by atoms with E-state index in [9.17, 15) is 0 Å². The summed E-state index contributed by atoms with van der Waals surface area (Å²) in [7, 11) is 0. The molecular weight excluding hydrogens is 267 g/mol. The Kier molecular flexibility index (Phi) is 3.24. The van der Waals surface area contributed by atoms with Crippen LogP contribution in [0.2, 0.25) is 0 Å². The number of hydrogen-bond acceptors (Lipinski definition) is 4. The third-order valence-corrected chi connectivity index (χ3v) is 2.44. The van der Waals surface area contributed by atoms with Gasteiger partial charge in [0.15, 0.2) is 0 Å². The van der Waals surface area contributed by atoms with Gasteiger partial charge in [0.05, 0.1) is 3.57 Å². The van der Waals surface area contributed by atoms with Gasteiger partial charge >= 0.3 is 0 Å². The summed E-state index contributed by atoms with van der Waals surface area (Å²) in [6.07, 6.45) is 1.66. The first-order chi connectivity index (χ1) is 5.65. The Bertz CT molecular complexity index is 276. The Morgan fingerprint density at radius 3 is 2.75 bits per heavy atom. The standard InChI is InChI=1S/C7H11IN4/c8-5-1-4(6(10)2-9)3-12-7(5)11/h1,3,6H,2,9-10H2,(H2,11,12)/t6-/m1/s1. The van der Waals surface area contributed by atoms with Crippen molar-refractivity contribution in [2.45, 2.75) is 6.04 Å². The van der Waals surface area contributed by atoms with Crippen LogP contribution in [0.15, 0.2) is 12.3 Å². The molecule has 5 heteroatoms. The highest BCUT2D eigenvalue weighted by atomic mass is 127. The van der Waals surface area contributed by atoms with Crippen molar-refractivity contribution in [2.75, 3.05) is 12.3 Å². The second-order valence-corrected chi connectivity index (χ2v) is 3.64. The van der Waals surface area contributed by atoms with E-state index in [1.54, 1.807) is 6.20 Å². The van der Waals surface area contributed by atoms with Crippen LogP contribution in [0.5, 0.6) is 0 Å². The molecule has 0 aliphatic rings. The van der Waals surface area contributed by atoms with Gasteiger partial charge in [-0.2, -0.15) is 0 Å². The van der Waals surface area contributed by atoms with Gasteiger partial charge in [0.25, 0.3) is 0 Å². The Labute approximate surface area is 84.7 Å². The number of aromatic nitrogens is 1. The number of halogens is 1. The zero-order valence-corrected chi connectivity index (χ0v) is 8.65. The molecule has 0 saturated heterocycles. The second kappa shape index (κ2) is 4.01. The fraction of sp³-hybridized carbons (Fsp3) is 0.286. The predicted molar refractivity (Wildman–Crippen MR) is 57.3 cm³/mol. The lowest BCUT2D eigenvalue weighted by molar-refractivity contribution is 0.733. The monoisotopic (exact) mass is 278 g/mol. The van der Waals surface area contributed by atoms with E-state index in [1.807, 2.05) is 6.07 Å². The van der Waals surface area contributed by atoms with E-state index in [-0.39, 0.29) is 6.04 Å². The molecular formula is C7H11IN4.